The Kier molecular flexibility index (Phi) is 6.53. The minimum Gasteiger partial charge on any atom is -0.326 e. The second-order valence-corrected chi connectivity index (χ2v) is 8.09. The maximum Gasteiger partial charge on any atom is 0.243 e. The van der Waals surface area contributed by atoms with E-state index in [-0.39, 0.29) is 21.5 Å². The van der Waals surface area contributed by atoms with Crippen molar-refractivity contribution < 1.29 is 22.4 Å². The lowest BCUT2D eigenvalue weighted by molar-refractivity contribution is -0.116. The Hall–Kier alpha value is -2.49. The van der Waals surface area contributed by atoms with Crippen LogP contribution >= 0.6 is 11.6 Å². The summed E-state index contributed by atoms with van der Waals surface area (Å²) in [7, 11) is -2.67. The first-order valence-corrected chi connectivity index (χ1v) is 9.50. The Balaban J connectivity index is 2.07. The normalized spacial score (nSPS) is 11.3. The molecule has 0 spiro atoms. The highest BCUT2D eigenvalue weighted by molar-refractivity contribution is 7.89. The standard InChI is InChI=1S/C17H17ClFN3O4S/c1-11(23)20-13-4-6-14(7-5-13)27(25,26)22(2)10-17(24)21-16-8-3-12(19)9-15(16)18/h3-9H,10H2,1-2H3,(H,20,23)(H,21,24). The van der Waals surface area contributed by atoms with Crippen LogP contribution in [0.4, 0.5) is 15.8 Å². The minimum atomic E-state index is -3.92. The van der Waals surface area contributed by atoms with Crippen molar-refractivity contribution in [1.29, 1.82) is 0 Å². The van der Waals surface area contributed by atoms with Crippen molar-refractivity contribution in [1.82, 2.24) is 4.31 Å². The van der Waals surface area contributed by atoms with Crippen LogP contribution in [0.2, 0.25) is 5.02 Å². The van der Waals surface area contributed by atoms with Gasteiger partial charge in [-0.3, -0.25) is 9.59 Å². The van der Waals surface area contributed by atoms with Crippen LogP contribution in [-0.2, 0) is 19.6 Å². The van der Waals surface area contributed by atoms with Crippen LogP contribution in [-0.4, -0.2) is 38.1 Å². The fourth-order valence-corrected chi connectivity index (χ4v) is 3.50. The lowest BCUT2D eigenvalue weighted by atomic mass is 10.3. The van der Waals surface area contributed by atoms with E-state index in [1.807, 2.05) is 0 Å². The summed E-state index contributed by atoms with van der Waals surface area (Å²) in [4.78, 5) is 23.1. The summed E-state index contributed by atoms with van der Waals surface area (Å²) in [6.07, 6.45) is 0. The molecule has 0 fully saturated rings. The average Bonchev–Trinajstić information content (AvgIpc) is 2.57. The molecule has 0 aliphatic rings. The lowest BCUT2D eigenvalue weighted by Crippen LogP contribution is -2.35. The van der Waals surface area contributed by atoms with Gasteiger partial charge in [0.25, 0.3) is 0 Å². The SMILES string of the molecule is CC(=O)Nc1ccc(S(=O)(=O)N(C)CC(=O)Nc2ccc(F)cc2Cl)cc1. The first-order valence-electron chi connectivity index (χ1n) is 7.68. The molecule has 0 atom stereocenters. The van der Waals surface area contributed by atoms with Gasteiger partial charge < -0.3 is 10.6 Å². The highest BCUT2D eigenvalue weighted by Gasteiger charge is 2.23. The van der Waals surface area contributed by atoms with Gasteiger partial charge in [-0.25, -0.2) is 12.8 Å². The number of nitrogens with one attached hydrogen (secondary N) is 2. The Labute approximate surface area is 161 Å². The number of carbonyl (C=O) groups excluding carboxylic acids is 2. The maximum atomic E-state index is 13.0. The number of carbonyl (C=O) groups is 2. The third-order valence-corrected chi connectivity index (χ3v) is 5.58. The molecule has 0 saturated carbocycles. The van der Waals surface area contributed by atoms with Crippen LogP contribution in [0.1, 0.15) is 6.92 Å². The molecule has 0 radical (unpaired) electrons. The average molecular weight is 414 g/mol. The van der Waals surface area contributed by atoms with E-state index in [1.165, 1.54) is 44.3 Å². The molecule has 7 nitrogen and oxygen atoms in total. The van der Waals surface area contributed by atoms with Crippen molar-refractivity contribution in [3.8, 4) is 0 Å². The summed E-state index contributed by atoms with van der Waals surface area (Å²) >= 11 is 5.83. The predicted molar refractivity (Wildman–Crippen MR) is 101 cm³/mol. The molecule has 0 aliphatic heterocycles. The van der Waals surface area contributed by atoms with Gasteiger partial charge >= 0.3 is 0 Å². The number of amides is 2. The highest BCUT2D eigenvalue weighted by Crippen LogP contribution is 2.23. The van der Waals surface area contributed by atoms with Crippen molar-refractivity contribution in [2.75, 3.05) is 24.2 Å². The van der Waals surface area contributed by atoms with Crippen LogP contribution in [0.5, 0.6) is 0 Å². The highest BCUT2D eigenvalue weighted by atomic mass is 35.5. The van der Waals surface area contributed by atoms with Gasteiger partial charge in [-0.1, -0.05) is 11.6 Å². The molecule has 0 bridgehead atoms. The van der Waals surface area contributed by atoms with Crippen molar-refractivity contribution in [3.63, 3.8) is 0 Å². The zero-order valence-corrected chi connectivity index (χ0v) is 16.1. The molecule has 2 amide bonds. The van der Waals surface area contributed by atoms with Gasteiger partial charge in [-0.05, 0) is 42.5 Å². The Morgan fingerprint density at radius 1 is 1.11 bits per heavy atom. The summed E-state index contributed by atoms with van der Waals surface area (Å²) in [5.74, 6) is -1.47. The summed E-state index contributed by atoms with van der Waals surface area (Å²) in [6.45, 7) is 0.869. The van der Waals surface area contributed by atoms with Crippen molar-refractivity contribution in [2.45, 2.75) is 11.8 Å². The zero-order valence-electron chi connectivity index (χ0n) is 14.5. The summed E-state index contributed by atoms with van der Waals surface area (Å²) in [5, 5.41) is 4.96. The summed E-state index contributed by atoms with van der Waals surface area (Å²) < 4.78 is 39.0. The van der Waals surface area contributed by atoms with E-state index in [2.05, 4.69) is 10.6 Å². The number of benzene rings is 2. The smallest absolute Gasteiger partial charge is 0.243 e. The van der Waals surface area contributed by atoms with Crippen LogP contribution in [0, 0.1) is 5.82 Å². The Morgan fingerprint density at radius 2 is 1.74 bits per heavy atom. The van der Waals surface area contributed by atoms with E-state index in [0.29, 0.717) is 5.69 Å². The van der Waals surface area contributed by atoms with Crippen LogP contribution in [0.15, 0.2) is 47.4 Å². The molecule has 144 valence electrons. The molecular formula is C17H17ClFN3O4S. The van der Waals surface area contributed by atoms with E-state index in [4.69, 9.17) is 11.6 Å². The lowest BCUT2D eigenvalue weighted by Gasteiger charge is -2.17. The van der Waals surface area contributed by atoms with Crippen LogP contribution in [0.25, 0.3) is 0 Å². The molecule has 0 saturated heterocycles. The number of hydrogen-bond donors (Lipinski definition) is 2. The molecule has 2 N–H and O–H groups in total. The van der Waals surface area contributed by atoms with Gasteiger partial charge in [0.1, 0.15) is 5.82 Å². The number of halogens is 2. The fraction of sp³-hybridized carbons (Fsp3) is 0.176. The first kappa shape index (κ1) is 20.8. The molecular weight excluding hydrogens is 397 g/mol. The van der Waals surface area contributed by atoms with Crippen molar-refractivity contribution in [2.24, 2.45) is 0 Å². The molecule has 0 aromatic heterocycles. The Bertz CT molecular complexity index is 965. The van der Waals surface area contributed by atoms with E-state index < -0.39 is 28.3 Å². The molecule has 0 heterocycles. The molecule has 0 unspecified atom stereocenters. The third-order valence-electron chi connectivity index (χ3n) is 3.45. The van der Waals surface area contributed by atoms with Crippen molar-refractivity contribution >= 4 is 44.8 Å². The van der Waals surface area contributed by atoms with Gasteiger partial charge in [-0.15, -0.1) is 0 Å². The summed E-state index contributed by atoms with van der Waals surface area (Å²) in [5.41, 5.74) is 0.626. The van der Waals surface area contributed by atoms with Crippen LogP contribution in [0.3, 0.4) is 0 Å². The topological polar surface area (TPSA) is 95.6 Å². The van der Waals surface area contributed by atoms with E-state index in [1.54, 1.807) is 0 Å². The quantitative estimate of drug-likeness (QED) is 0.761. The Morgan fingerprint density at radius 3 is 2.30 bits per heavy atom. The van der Waals surface area contributed by atoms with Gasteiger partial charge in [0.2, 0.25) is 21.8 Å². The third kappa shape index (κ3) is 5.49. The number of rotatable bonds is 6. The van der Waals surface area contributed by atoms with Gasteiger partial charge in [0.05, 0.1) is 22.2 Å². The zero-order chi connectivity index (χ0) is 20.2. The van der Waals surface area contributed by atoms with Gasteiger partial charge in [0, 0.05) is 19.7 Å². The largest absolute Gasteiger partial charge is 0.326 e. The molecule has 0 aliphatic carbocycles. The molecule has 10 heteroatoms. The minimum absolute atomic E-state index is 0.00224. The summed E-state index contributed by atoms with van der Waals surface area (Å²) in [6, 6.07) is 8.98. The van der Waals surface area contributed by atoms with E-state index in [0.717, 1.165) is 16.4 Å². The number of sulfonamides is 1. The first-order chi connectivity index (χ1) is 12.6. The van der Waals surface area contributed by atoms with Crippen molar-refractivity contribution in [3.05, 3.63) is 53.3 Å². The second-order valence-electron chi connectivity index (χ2n) is 5.64. The maximum absolute atomic E-state index is 13.0. The second kappa shape index (κ2) is 8.47. The van der Waals surface area contributed by atoms with E-state index >= 15 is 0 Å². The van der Waals surface area contributed by atoms with E-state index in [9.17, 15) is 22.4 Å². The van der Waals surface area contributed by atoms with Gasteiger partial charge in [0.15, 0.2) is 0 Å². The predicted octanol–water partition coefficient (Wildman–Crippen LogP) is 2.70. The number of likely N-dealkylation sites (N-methyl/N-ethyl adjacent to an activating group) is 1. The molecule has 2 aromatic carbocycles. The molecule has 27 heavy (non-hydrogen) atoms. The molecule has 2 aromatic rings. The number of nitrogens with zero attached hydrogens (tertiary/aromatic N) is 1. The van der Waals surface area contributed by atoms with Crippen LogP contribution < -0.4 is 10.6 Å². The fourth-order valence-electron chi connectivity index (χ4n) is 2.16. The monoisotopic (exact) mass is 413 g/mol. The van der Waals surface area contributed by atoms with Gasteiger partial charge in [-0.2, -0.15) is 4.31 Å². The molecule has 2 rings (SSSR count). The number of anilines is 2. The number of hydrogen-bond acceptors (Lipinski definition) is 4.